The largest absolute Gasteiger partial charge is 0.479 e. The molecule has 72 valence electrons. The van der Waals surface area contributed by atoms with Crippen molar-refractivity contribution in [2.45, 2.75) is 24.7 Å². The Kier molecular flexibility index (Phi) is 4.75. The van der Waals surface area contributed by atoms with E-state index in [-0.39, 0.29) is 0 Å². The summed E-state index contributed by atoms with van der Waals surface area (Å²) < 4.78 is 0. The molecule has 0 spiro atoms. The predicted molar refractivity (Wildman–Crippen MR) is 37.4 cm³/mol. The normalized spacial score (nSPS) is 18.3. The van der Waals surface area contributed by atoms with Crippen LogP contribution in [0.25, 0.3) is 0 Å². The summed E-state index contributed by atoms with van der Waals surface area (Å²) in [6.45, 7) is -0.673. The zero-order valence-corrected chi connectivity index (χ0v) is 6.29. The van der Waals surface area contributed by atoms with E-state index in [1.165, 1.54) is 0 Å². The van der Waals surface area contributed by atoms with Gasteiger partial charge < -0.3 is 25.5 Å². The van der Waals surface area contributed by atoms with E-state index in [1.807, 2.05) is 0 Å². The number of aliphatic hydroxyl groups excluding tert-OH is 4. The van der Waals surface area contributed by atoms with Gasteiger partial charge >= 0.3 is 5.97 Å². The van der Waals surface area contributed by atoms with E-state index < -0.39 is 37.3 Å². The molecule has 3 atom stereocenters. The molecule has 6 heteroatoms. The first-order chi connectivity index (χ1) is 5.49. The molecule has 0 aromatic carbocycles. The minimum atomic E-state index is -1.72. The zero-order valence-electron chi connectivity index (χ0n) is 6.29. The Morgan fingerprint density at radius 3 is 2.00 bits per heavy atom. The summed E-state index contributed by atoms with van der Waals surface area (Å²) in [5, 5.41) is 42.8. The van der Waals surface area contributed by atoms with E-state index in [0.717, 1.165) is 0 Å². The average molecular weight is 180 g/mol. The summed E-state index contributed by atoms with van der Waals surface area (Å²) in [7, 11) is 0. The Labute approximate surface area is 68.7 Å². The molecule has 0 aliphatic carbocycles. The standard InChI is InChI=1S/C6H12O6/c7-2-5(10)3(8)1-4(9)6(11)12/h3-5,7-10H,1-2H2,(H,11,12)/t3-,4+,5-/m0/s1. The number of hydrogen-bond acceptors (Lipinski definition) is 5. The van der Waals surface area contributed by atoms with Crippen molar-refractivity contribution in [2.75, 3.05) is 6.61 Å². The molecule has 0 aliphatic heterocycles. The van der Waals surface area contributed by atoms with Crippen LogP contribution in [-0.2, 0) is 4.79 Å². The molecule has 12 heavy (non-hydrogen) atoms. The topological polar surface area (TPSA) is 118 Å². The lowest BCUT2D eigenvalue weighted by Crippen LogP contribution is -2.35. The second-order valence-electron chi connectivity index (χ2n) is 2.41. The summed E-state index contributed by atoms with van der Waals surface area (Å²) in [5.41, 5.74) is 0. The molecule has 6 nitrogen and oxygen atoms in total. The first-order valence-corrected chi connectivity index (χ1v) is 3.37. The highest BCUT2D eigenvalue weighted by Gasteiger charge is 2.23. The third-order valence-electron chi connectivity index (χ3n) is 1.38. The van der Waals surface area contributed by atoms with Gasteiger partial charge in [-0.15, -0.1) is 0 Å². The van der Waals surface area contributed by atoms with Crippen LogP contribution >= 0.6 is 0 Å². The van der Waals surface area contributed by atoms with Crippen molar-refractivity contribution in [1.29, 1.82) is 0 Å². The first-order valence-electron chi connectivity index (χ1n) is 3.37. The monoisotopic (exact) mass is 180 g/mol. The Hall–Kier alpha value is -0.690. The minimum Gasteiger partial charge on any atom is -0.479 e. The van der Waals surface area contributed by atoms with Crippen molar-refractivity contribution in [2.24, 2.45) is 0 Å². The van der Waals surface area contributed by atoms with Gasteiger partial charge in [0.05, 0.1) is 12.7 Å². The number of carboxylic acids is 1. The number of aliphatic hydroxyl groups is 4. The van der Waals surface area contributed by atoms with Crippen molar-refractivity contribution < 1.29 is 30.3 Å². The molecule has 0 amide bonds. The molecule has 0 radical (unpaired) electrons. The Balaban J connectivity index is 3.83. The summed E-state index contributed by atoms with van der Waals surface area (Å²) in [5.74, 6) is -1.47. The smallest absolute Gasteiger partial charge is 0.332 e. The van der Waals surface area contributed by atoms with E-state index in [4.69, 9.17) is 25.5 Å². The summed E-state index contributed by atoms with van der Waals surface area (Å²) in [6, 6.07) is 0. The van der Waals surface area contributed by atoms with Crippen molar-refractivity contribution in [1.82, 2.24) is 0 Å². The lowest BCUT2D eigenvalue weighted by molar-refractivity contribution is -0.149. The molecule has 0 bridgehead atoms. The van der Waals surface area contributed by atoms with Crippen LogP contribution in [0.1, 0.15) is 6.42 Å². The molecular formula is C6H12O6. The number of carbonyl (C=O) groups is 1. The molecule has 0 fully saturated rings. The third kappa shape index (κ3) is 3.63. The second-order valence-corrected chi connectivity index (χ2v) is 2.41. The fourth-order valence-electron chi connectivity index (χ4n) is 0.608. The van der Waals surface area contributed by atoms with E-state index in [2.05, 4.69) is 0 Å². The fraction of sp³-hybridized carbons (Fsp3) is 0.833. The predicted octanol–water partition coefficient (Wildman–Crippen LogP) is -2.46. The first kappa shape index (κ1) is 11.3. The quantitative estimate of drug-likeness (QED) is 0.320. The molecule has 0 aromatic heterocycles. The van der Waals surface area contributed by atoms with Crippen LogP contribution < -0.4 is 0 Å². The molecule has 0 heterocycles. The van der Waals surface area contributed by atoms with Crippen LogP contribution in [-0.4, -0.2) is 56.4 Å². The van der Waals surface area contributed by atoms with Gasteiger partial charge in [-0.05, 0) is 0 Å². The van der Waals surface area contributed by atoms with Gasteiger partial charge in [0.2, 0.25) is 0 Å². The number of hydrogen-bond donors (Lipinski definition) is 5. The highest BCUT2D eigenvalue weighted by molar-refractivity contribution is 5.71. The van der Waals surface area contributed by atoms with Gasteiger partial charge in [0, 0.05) is 6.42 Å². The van der Waals surface area contributed by atoms with Crippen LogP contribution in [0.3, 0.4) is 0 Å². The Morgan fingerprint density at radius 2 is 1.67 bits per heavy atom. The molecule has 0 rings (SSSR count). The molecule has 0 unspecified atom stereocenters. The van der Waals surface area contributed by atoms with Gasteiger partial charge in [-0.2, -0.15) is 0 Å². The van der Waals surface area contributed by atoms with Crippen LogP contribution in [0.15, 0.2) is 0 Å². The Morgan fingerprint density at radius 1 is 1.17 bits per heavy atom. The van der Waals surface area contributed by atoms with Gasteiger partial charge in [-0.1, -0.05) is 0 Å². The second kappa shape index (κ2) is 5.04. The number of aliphatic carboxylic acids is 1. The minimum absolute atomic E-state index is 0.503. The number of rotatable bonds is 5. The van der Waals surface area contributed by atoms with Crippen LogP contribution in [0, 0.1) is 0 Å². The van der Waals surface area contributed by atoms with E-state index in [0.29, 0.717) is 0 Å². The van der Waals surface area contributed by atoms with Crippen molar-refractivity contribution in [3.8, 4) is 0 Å². The molecule has 0 aromatic rings. The molecule has 0 saturated carbocycles. The van der Waals surface area contributed by atoms with Crippen LogP contribution in [0.5, 0.6) is 0 Å². The van der Waals surface area contributed by atoms with Gasteiger partial charge in [0.15, 0.2) is 6.10 Å². The fourth-order valence-corrected chi connectivity index (χ4v) is 0.608. The lowest BCUT2D eigenvalue weighted by Gasteiger charge is -2.16. The van der Waals surface area contributed by atoms with Gasteiger partial charge in [0.1, 0.15) is 6.10 Å². The van der Waals surface area contributed by atoms with Crippen molar-refractivity contribution >= 4 is 5.97 Å². The maximum Gasteiger partial charge on any atom is 0.332 e. The number of carboxylic acid groups (broad SMARTS) is 1. The van der Waals surface area contributed by atoms with Crippen molar-refractivity contribution in [3.63, 3.8) is 0 Å². The highest BCUT2D eigenvalue weighted by Crippen LogP contribution is 2.02. The molecule has 5 N–H and O–H groups in total. The lowest BCUT2D eigenvalue weighted by atomic mass is 10.1. The van der Waals surface area contributed by atoms with Gasteiger partial charge in [-0.3, -0.25) is 0 Å². The third-order valence-corrected chi connectivity index (χ3v) is 1.38. The molecule has 0 saturated heterocycles. The zero-order chi connectivity index (χ0) is 9.72. The Bertz CT molecular complexity index is 147. The van der Waals surface area contributed by atoms with Crippen LogP contribution in [0.4, 0.5) is 0 Å². The summed E-state index contributed by atoms with van der Waals surface area (Å²) in [6.07, 6.45) is -5.07. The van der Waals surface area contributed by atoms with Crippen molar-refractivity contribution in [3.05, 3.63) is 0 Å². The summed E-state index contributed by atoms with van der Waals surface area (Å²) in [4.78, 5) is 10.0. The summed E-state index contributed by atoms with van der Waals surface area (Å²) >= 11 is 0. The maximum atomic E-state index is 10.0. The average Bonchev–Trinajstić information content (AvgIpc) is 2.02. The van der Waals surface area contributed by atoms with E-state index in [1.54, 1.807) is 0 Å². The van der Waals surface area contributed by atoms with Crippen LogP contribution in [0.2, 0.25) is 0 Å². The maximum absolute atomic E-state index is 10.0. The van der Waals surface area contributed by atoms with Gasteiger partial charge in [-0.25, -0.2) is 4.79 Å². The van der Waals surface area contributed by atoms with E-state index >= 15 is 0 Å². The van der Waals surface area contributed by atoms with Gasteiger partial charge in [0.25, 0.3) is 0 Å². The SMILES string of the molecule is O=C(O)[C@H](O)C[C@H](O)[C@@H](O)CO. The molecule has 0 aliphatic rings. The molecular weight excluding hydrogens is 168 g/mol. The highest BCUT2D eigenvalue weighted by atomic mass is 16.4. The van der Waals surface area contributed by atoms with E-state index in [9.17, 15) is 4.79 Å².